The Bertz CT molecular complexity index is 4680. The Hall–Kier alpha value is -9.62. The van der Waals surface area contributed by atoms with Crippen LogP contribution in [0.5, 0.6) is 11.5 Å². The third kappa shape index (κ3) is 12.4. The molecule has 2 aliphatic carbocycles. The lowest BCUT2D eigenvalue weighted by Crippen LogP contribution is -2.46. The van der Waals surface area contributed by atoms with Crippen molar-refractivity contribution in [1.29, 1.82) is 0 Å². The molecular formula is C98H92N2O6S2. The standard InChI is InChI=1S/C98H92N2O6S2/c1-5-93(57-101-58-93)65-105-81-45-31-71(32-46-81)97(72-33-47-82(48-34-72)106-66-94(6-2)59-102-60-94)89-25-17-15-23-85(89)87-53-43-79(55-91(87)97)99(75-19-11-9-12-20-75)77-39-27-69(28-40-77)70-29-41-78(42-30-70)100(76-21-13-10-14-22-76)80-44-54-88-86-24-16-18-26-90(86)98(92(88)56-80,73-35-49-83(50-36-73)107-67-95(7-3)61-103-62-95)74-37-51-84(52-38-74)108-68-96(8-4)63-104-64-96/h9-56H,5-8,57-68H2,1-4H3. The highest BCUT2D eigenvalue weighted by molar-refractivity contribution is 7.99. The third-order valence-corrected chi connectivity index (χ3v) is 27.5. The van der Waals surface area contributed by atoms with Gasteiger partial charge in [0.05, 0.1) is 87.7 Å². The minimum atomic E-state index is -0.699. The van der Waals surface area contributed by atoms with Crippen molar-refractivity contribution in [3.8, 4) is 44.9 Å². The number of nitrogens with zero attached hydrogens (tertiary/aromatic N) is 2. The van der Waals surface area contributed by atoms with E-state index in [1.165, 1.54) is 65.4 Å². The molecule has 12 aromatic rings. The lowest BCUT2D eigenvalue weighted by molar-refractivity contribution is -0.133. The highest BCUT2D eigenvalue weighted by atomic mass is 32.2. The predicted molar refractivity (Wildman–Crippen MR) is 442 cm³/mol. The molecule has 0 bridgehead atoms. The molecule has 0 amide bonds. The quantitative estimate of drug-likeness (QED) is 0.0465. The summed E-state index contributed by atoms with van der Waals surface area (Å²) in [6.07, 6.45) is 4.28. The van der Waals surface area contributed by atoms with E-state index < -0.39 is 10.8 Å². The summed E-state index contributed by atoms with van der Waals surface area (Å²) in [6, 6.07) is 109. The van der Waals surface area contributed by atoms with E-state index in [1.54, 1.807) is 0 Å². The smallest absolute Gasteiger partial charge is 0.119 e. The molecule has 0 spiro atoms. The van der Waals surface area contributed by atoms with Crippen molar-refractivity contribution in [2.45, 2.75) is 74.0 Å². The van der Waals surface area contributed by atoms with Crippen LogP contribution in [0, 0.1) is 21.7 Å². The van der Waals surface area contributed by atoms with Crippen LogP contribution in [0.2, 0.25) is 0 Å². The molecule has 542 valence electrons. The summed E-state index contributed by atoms with van der Waals surface area (Å²) in [7, 11) is 0. The number of ether oxygens (including phenoxy) is 6. The minimum absolute atomic E-state index is 0.0571. The molecule has 8 nitrogen and oxygen atoms in total. The summed E-state index contributed by atoms with van der Waals surface area (Å²) in [6.45, 7) is 16.6. The molecule has 0 N–H and O–H groups in total. The van der Waals surface area contributed by atoms with E-state index in [0.29, 0.717) is 13.2 Å². The molecule has 18 rings (SSSR count). The van der Waals surface area contributed by atoms with Crippen LogP contribution in [0.25, 0.3) is 33.4 Å². The summed E-state index contributed by atoms with van der Waals surface area (Å²) in [5, 5.41) is 0. The lowest BCUT2D eigenvalue weighted by Gasteiger charge is -2.40. The first-order chi connectivity index (χ1) is 53.1. The number of hydrogen-bond acceptors (Lipinski definition) is 10. The van der Waals surface area contributed by atoms with Gasteiger partial charge in [-0.3, -0.25) is 0 Å². The molecule has 0 saturated carbocycles. The molecule has 4 aliphatic heterocycles. The summed E-state index contributed by atoms with van der Waals surface area (Å²) in [4.78, 5) is 7.41. The Labute approximate surface area is 645 Å². The maximum absolute atomic E-state index is 6.59. The fourth-order valence-corrected chi connectivity index (χ4v) is 19.7. The van der Waals surface area contributed by atoms with Crippen molar-refractivity contribution in [2.24, 2.45) is 21.7 Å². The maximum atomic E-state index is 6.59. The second-order valence-corrected chi connectivity index (χ2v) is 33.2. The molecule has 0 atom stereocenters. The van der Waals surface area contributed by atoms with E-state index in [0.717, 1.165) is 158 Å². The average Bonchev–Trinajstić information content (AvgIpc) is 1.54. The van der Waals surface area contributed by atoms with Gasteiger partial charge in [-0.05, 0) is 225 Å². The molecule has 4 saturated heterocycles. The van der Waals surface area contributed by atoms with Gasteiger partial charge in [-0.15, -0.1) is 23.5 Å². The van der Waals surface area contributed by atoms with E-state index >= 15 is 0 Å². The monoisotopic (exact) mass is 1460 g/mol. The van der Waals surface area contributed by atoms with Crippen LogP contribution < -0.4 is 19.3 Å². The van der Waals surface area contributed by atoms with Crippen LogP contribution in [-0.4, -0.2) is 77.6 Å². The average molecular weight is 1460 g/mol. The largest absolute Gasteiger partial charge is 0.493 e. The molecule has 108 heavy (non-hydrogen) atoms. The normalized spacial score (nSPS) is 17.3. The van der Waals surface area contributed by atoms with Crippen molar-refractivity contribution in [1.82, 2.24) is 0 Å². The maximum Gasteiger partial charge on any atom is 0.119 e. The number of anilines is 6. The number of thioether (sulfide) groups is 2. The van der Waals surface area contributed by atoms with E-state index in [9.17, 15) is 0 Å². The molecule has 0 unspecified atom stereocenters. The zero-order valence-corrected chi connectivity index (χ0v) is 63.8. The van der Waals surface area contributed by atoms with E-state index in [4.69, 9.17) is 28.4 Å². The Morgan fingerprint density at radius 3 is 0.907 bits per heavy atom. The van der Waals surface area contributed by atoms with Crippen LogP contribution in [0.15, 0.2) is 301 Å². The Morgan fingerprint density at radius 1 is 0.287 bits per heavy atom. The van der Waals surface area contributed by atoms with Gasteiger partial charge in [-0.1, -0.05) is 198 Å². The second-order valence-electron chi connectivity index (χ2n) is 31.1. The number of rotatable bonds is 27. The Kier molecular flexibility index (Phi) is 18.9. The van der Waals surface area contributed by atoms with Crippen molar-refractivity contribution >= 4 is 57.6 Å². The minimum Gasteiger partial charge on any atom is -0.493 e. The van der Waals surface area contributed by atoms with Crippen LogP contribution in [-0.2, 0) is 29.8 Å². The fourth-order valence-electron chi connectivity index (χ4n) is 17.3. The number of benzene rings is 12. The van der Waals surface area contributed by atoms with Crippen LogP contribution in [0.1, 0.15) is 97.9 Å². The van der Waals surface area contributed by atoms with Gasteiger partial charge in [-0.25, -0.2) is 0 Å². The molecule has 4 fully saturated rings. The molecule has 0 radical (unpaired) electrons. The summed E-state index contributed by atoms with van der Waals surface area (Å²) in [5.41, 5.74) is 22.8. The first kappa shape index (κ1) is 70.1. The van der Waals surface area contributed by atoms with Crippen LogP contribution >= 0.6 is 23.5 Å². The fraction of sp³-hybridized carbons (Fsp3) is 0.265. The highest BCUT2D eigenvalue weighted by Gasteiger charge is 2.49. The number of para-hydroxylation sites is 2. The topological polar surface area (TPSA) is 61.9 Å². The lowest BCUT2D eigenvalue weighted by atomic mass is 9.67. The SMILES string of the molecule is CCC1(COc2ccc(C3(c4ccc(OCC5(CC)COC5)cc4)c4ccccc4-c4ccc(N(c5ccccc5)c5ccc(-c6ccc(N(c7ccccc7)c7ccc8c(c7)C(c7ccc(SCC9(CC)COC9)cc7)(c7ccc(SCC9(CC)COC9)cc7)c7ccccc7-8)cc6)cc5)cc43)cc2)COC1. The van der Waals surface area contributed by atoms with E-state index in [-0.39, 0.29) is 21.7 Å². The van der Waals surface area contributed by atoms with Crippen molar-refractivity contribution in [3.63, 3.8) is 0 Å². The zero-order valence-electron chi connectivity index (χ0n) is 62.2. The summed E-state index contributed by atoms with van der Waals surface area (Å²) in [5.74, 6) is 3.82. The van der Waals surface area contributed by atoms with Gasteiger partial charge in [0, 0.05) is 66.3 Å². The third-order valence-electron chi connectivity index (χ3n) is 24.8. The van der Waals surface area contributed by atoms with Gasteiger partial charge in [0.1, 0.15) is 11.5 Å². The van der Waals surface area contributed by atoms with Crippen molar-refractivity contribution in [3.05, 3.63) is 336 Å². The molecule has 4 heterocycles. The Morgan fingerprint density at radius 2 is 0.583 bits per heavy atom. The second kappa shape index (κ2) is 29.1. The molecular weight excluding hydrogens is 1370 g/mol. The van der Waals surface area contributed by atoms with E-state index in [2.05, 4.69) is 329 Å². The van der Waals surface area contributed by atoms with Gasteiger partial charge >= 0.3 is 0 Å². The first-order valence-corrected chi connectivity index (χ1v) is 40.7. The predicted octanol–water partition coefficient (Wildman–Crippen LogP) is 23.7. The summed E-state index contributed by atoms with van der Waals surface area (Å²) < 4.78 is 36.1. The molecule has 0 aromatic heterocycles. The van der Waals surface area contributed by atoms with Crippen molar-refractivity contribution < 1.29 is 28.4 Å². The molecule has 6 aliphatic rings. The van der Waals surface area contributed by atoms with Gasteiger partial charge in [-0.2, -0.15) is 0 Å². The summed E-state index contributed by atoms with van der Waals surface area (Å²) >= 11 is 3.92. The van der Waals surface area contributed by atoms with Crippen LogP contribution in [0.3, 0.4) is 0 Å². The van der Waals surface area contributed by atoms with Gasteiger partial charge in [0.15, 0.2) is 0 Å². The van der Waals surface area contributed by atoms with E-state index in [1.807, 2.05) is 23.5 Å². The molecule has 10 heteroatoms. The van der Waals surface area contributed by atoms with Gasteiger partial charge in [0.25, 0.3) is 0 Å². The van der Waals surface area contributed by atoms with Crippen molar-refractivity contribution in [2.75, 3.05) is 87.4 Å². The first-order valence-electron chi connectivity index (χ1n) is 38.7. The number of fused-ring (bicyclic) bond motifs is 6. The highest BCUT2D eigenvalue weighted by Crippen LogP contribution is 2.60. The zero-order chi connectivity index (χ0) is 72.9. The number of hydrogen-bond donors (Lipinski definition) is 0. The molecule has 12 aromatic carbocycles. The van der Waals surface area contributed by atoms with Gasteiger partial charge < -0.3 is 38.2 Å². The Balaban J connectivity index is 0.690. The van der Waals surface area contributed by atoms with Crippen LogP contribution in [0.4, 0.5) is 34.1 Å². The van der Waals surface area contributed by atoms with Gasteiger partial charge in [0.2, 0.25) is 0 Å².